The summed E-state index contributed by atoms with van der Waals surface area (Å²) in [7, 11) is 0. The van der Waals surface area contributed by atoms with Crippen LogP contribution in [0.2, 0.25) is 0 Å². The Morgan fingerprint density at radius 3 is 2.54 bits per heavy atom. The third-order valence-corrected chi connectivity index (χ3v) is 1.63. The first-order chi connectivity index (χ1) is 4.93. The second-order valence-corrected chi connectivity index (χ2v) is 2.47. The first-order valence-electron chi connectivity index (χ1n) is 3.67. The van der Waals surface area contributed by atoms with E-state index in [0.29, 0.717) is 0 Å². The zero-order chi connectivity index (χ0) is 7.23. The second kappa shape index (κ2) is 13.1. The maximum atomic E-state index is 10.2. The maximum Gasteiger partial charge on any atom is 0 e. The van der Waals surface area contributed by atoms with Crippen LogP contribution in [-0.2, 0) is 21.6 Å². The Kier molecular flexibility index (Phi) is 19.8. The number of halogens is 2. The summed E-state index contributed by atoms with van der Waals surface area (Å²) in [4.78, 5) is 10.2. The Balaban J connectivity index is -0.000000333. The van der Waals surface area contributed by atoms with Gasteiger partial charge in [-0.2, -0.15) is 5.57 Å². The molecule has 0 aromatic carbocycles. The Morgan fingerprint density at radius 2 is 1.92 bits per heavy atom. The molecule has 0 amide bonds. The van der Waals surface area contributed by atoms with E-state index < -0.39 is 0 Å². The molecule has 1 radical (unpaired) electrons. The first kappa shape index (κ1) is 19.7. The monoisotopic (exact) mass is 450 g/mol. The molecule has 0 aromatic rings. The molecular formula is C9H13CoI2O-. The Morgan fingerprint density at radius 1 is 1.23 bits per heavy atom. The van der Waals surface area contributed by atoms with Crippen molar-refractivity contribution in [1.82, 2.24) is 0 Å². The van der Waals surface area contributed by atoms with Crippen LogP contribution in [0.5, 0.6) is 0 Å². The molecule has 79 valence electrons. The predicted molar refractivity (Wildman–Crippen MR) is 72.2 cm³/mol. The topological polar surface area (TPSA) is 17.1 Å². The van der Waals surface area contributed by atoms with Crippen molar-refractivity contribution in [3.05, 3.63) is 23.8 Å². The van der Waals surface area contributed by atoms with E-state index in [2.05, 4.69) is 6.08 Å². The molecule has 1 rings (SSSR count). The van der Waals surface area contributed by atoms with Crippen molar-refractivity contribution in [3.8, 4) is 0 Å². The van der Waals surface area contributed by atoms with Gasteiger partial charge >= 0.3 is 0 Å². The first-order valence-corrected chi connectivity index (χ1v) is 3.67. The summed E-state index contributed by atoms with van der Waals surface area (Å²) in [6, 6.07) is 0. The average molecular weight is 450 g/mol. The van der Waals surface area contributed by atoms with Crippen LogP contribution in [0.3, 0.4) is 0 Å². The van der Waals surface area contributed by atoms with Gasteiger partial charge in [0.25, 0.3) is 0 Å². The normalized spacial score (nSPS) is 14.6. The smallest absolute Gasteiger partial charge is 0 e. The van der Waals surface area contributed by atoms with Crippen LogP contribution in [0.25, 0.3) is 0 Å². The summed E-state index contributed by atoms with van der Waals surface area (Å²) < 4.78 is 0. The SMILES string of the molecule is I.I.O=[C-]C1=CC=CCCCC1.[Co]. The summed E-state index contributed by atoms with van der Waals surface area (Å²) in [6.07, 6.45) is 12.2. The summed E-state index contributed by atoms with van der Waals surface area (Å²) in [5.74, 6) is 0. The molecule has 0 spiro atoms. The van der Waals surface area contributed by atoms with E-state index in [4.69, 9.17) is 0 Å². The molecule has 1 aliphatic carbocycles. The zero-order valence-electron chi connectivity index (χ0n) is 7.12. The van der Waals surface area contributed by atoms with Crippen molar-refractivity contribution in [2.24, 2.45) is 0 Å². The van der Waals surface area contributed by atoms with Crippen molar-refractivity contribution < 1.29 is 21.6 Å². The molecule has 13 heavy (non-hydrogen) atoms. The number of rotatable bonds is 1. The molecule has 0 saturated heterocycles. The molecular weight excluding hydrogens is 437 g/mol. The van der Waals surface area contributed by atoms with Gasteiger partial charge in [-0.3, -0.25) is 0 Å². The molecule has 0 atom stereocenters. The molecule has 1 nitrogen and oxygen atoms in total. The second-order valence-electron chi connectivity index (χ2n) is 2.47. The molecule has 0 N–H and O–H groups in total. The Bertz CT molecular complexity index is 178. The van der Waals surface area contributed by atoms with Crippen LogP contribution in [0.4, 0.5) is 0 Å². The quantitative estimate of drug-likeness (QED) is 0.443. The van der Waals surface area contributed by atoms with Crippen LogP contribution >= 0.6 is 48.0 Å². The van der Waals surface area contributed by atoms with Crippen LogP contribution in [0, 0.1) is 0 Å². The van der Waals surface area contributed by atoms with E-state index in [1.807, 2.05) is 18.4 Å². The van der Waals surface area contributed by atoms with Gasteiger partial charge in [0.2, 0.25) is 0 Å². The molecule has 1 aliphatic rings. The largest absolute Gasteiger partial charge is 0.419 e. The van der Waals surface area contributed by atoms with Crippen molar-refractivity contribution in [3.63, 3.8) is 0 Å². The standard InChI is InChI=1S/C9H11O.Co.2HI/c10-8-9-6-4-2-1-3-5-7-9;;;/h2,4,6H,1,3,5,7H2;;2*1H/q-1;;;. The number of carbonyl (C=O) groups excluding carboxylic acids is 1. The van der Waals surface area contributed by atoms with Gasteiger partial charge in [-0.15, -0.1) is 60.1 Å². The zero-order valence-corrected chi connectivity index (χ0v) is 12.8. The fraction of sp³-hybridized carbons (Fsp3) is 0.444. The fourth-order valence-electron chi connectivity index (χ4n) is 1.03. The fourth-order valence-corrected chi connectivity index (χ4v) is 1.03. The van der Waals surface area contributed by atoms with Crippen molar-refractivity contribution in [2.75, 3.05) is 0 Å². The van der Waals surface area contributed by atoms with E-state index in [1.54, 1.807) is 0 Å². The molecule has 0 aliphatic heterocycles. The number of allylic oxidation sites excluding steroid dienone is 4. The van der Waals surface area contributed by atoms with Gasteiger partial charge in [0.05, 0.1) is 0 Å². The third-order valence-electron chi connectivity index (χ3n) is 1.63. The van der Waals surface area contributed by atoms with Gasteiger partial charge in [-0.25, -0.2) is 6.08 Å². The van der Waals surface area contributed by atoms with E-state index in [0.717, 1.165) is 24.8 Å². The molecule has 0 fully saturated rings. The van der Waals surface area contributed by atoms with Crippen molar-refractivity contribution in [2.45, 2.75) is 25.7 Å². The third kappa shape index (κ3) is 9.42. The molecule has 4 heteroatoms. The molecule has 0 saturated carbocycles. The molecule has 0 aromatic heterocycles. The minimum atomic E-state index is 0. The molecule has 0 bridgehead atoms. The summed E-state index contributed by atoms with van der Waals surface area (Å²) in [6.45, 7) is 0. The summed E-state index contributed by atoms with van der Waals surface area (Å²) >= 11 is 0. The van der Waals surface area contributed by atoms with Gasteiger partial charge < -0.3 is 4.79 Å². The molecule has 0 heterocycles. The molecule has 0 unspecified atom stereocenters. The maximum absolute atomic E-state index is 10.2. The van der Waals surface area contributed by atoms with E-state index in [1.165, 1.54) is 6.42 Å². The summed E-state index contributed by atoms with van der Waals surface area (Å²) in [5, 5.41) is 0. The number of hydrogen-bond acceptors (Lipinski definition) is 1. The van der Waals surface area contributed by atoms with Crippen LogP contribution in [0.15, 0.2) is 23.8 Å². The van der Waals surface area contributed by atoms with E-state index in [9.17, 15) is 4.79 Å². The average Bonchev–Trinajstić information content (AvgIpc) is 1.87. The van der Waals surface area contributed by atoms with Gasteiger partial charge in [0, 0.05) is 16.8 Å². The minimum absolute atomic E-state index is 0. The van der Waals surface area contributed by atoms with Crippen molar-refractivity contribution in [1.29, 1.82) is 0 Å². The van der Waals surface area contributed by atoms with Crippen LogP contribution in [0.1, 0.15) is 25.7 Å². The van der Waals surface area contributed by atoms with E-state index in [-0.39, 0.29) is 64.7 Å². The van der Waals surface area contributed by atoms with Gasteiger partial charge in [-0.05, 0) is 19.1 Å². The summed E-state index contributed by atoms with van der Waals surface area (Å²) in [5.41, 5.74) is 0.802. The number of hydrogen-bond donors (Lipinski definition) is 0. The Labute approximate surface area is 124 Å². The minimum Gasteiger partial charge on any atom is -0.419 e. The van der Waals surface area contributed by atoms with Gasteiger partial charge in [0.1, 0.15) is 0 Å². The van der Waals surface area contributed by atoms with E-state index >= 15 is 0 Å². The predicted octanol–water partition coefficient (Wildman–Crippen LogP) is 3.39. The Hall–Kier alpha value is 1.12. The van der Waals surface area contributed by atoms with Crippen LogP contribution < -0.4 is 0 Å². The van der Waals surface area contributed by atoms with Gasteiger partial charge in [-0.1, -0.05) is 12.8 Å². The van der Waals surface area contributed by atoms with Crippen molar-refractivity contribution >= 4 is 54.2 Å². The van der Waals surface area contributed by atoms with Crippen LogP contribution in [-0.4, -0.2) is 6.29 Å². The van der Waals surface area contributed by atoms with Gasteiger partial charge in [0.15, 0.2) is 0 Å².